The van der Waals surface area contributed by atoms with Crippen molar-refractivity contribution in [2.75, 3.05) is 26.2 Å². The molecule has 22 heavy (non-hydrogen) atoms. The molecule has 4 nitrogen and oxygen atoms in total. The number of hydrogen-bond donors (Lipinski definition) is 0. The molecule has 0 bridgehead atoms. The molecule has 120 valence electrons. The topological polar surface area (TPSA) is 42.7 Å². The molecule has 1 aliphatic heterocycles. The number of carbonyl (C=O) groups is 1. The number of hydrogen-bond acceptors (Lipinski definition) is 4. The Morgan fingerprint density at radius 2 is 2.00 bits per heavy atom. The molecule has 0 N–H and O–H groups in total. The third-order valence-corrected chi connectivity index (χ3v) is 4.12. The normalized spacial score (nSPS) is 15.5. The molecule has 0 unspecified atom stereocenters. The van der Waals surface area contributed by atoms with Crippen molar-refractivity contribution < 1.29 is 27.8 Å². The van der Waals surface area contributed by atoms with E-state index in [-0.39, 0.29) is 19.8 Å². The number of furan rings is 1. The Labute approximate surface area is 138 Å². The van der Waals surface area contributed by atoms with Crippen LogP contribution in [-0.4, -0.2) is 37.1 Å². The number of piperidine rings is 1. The van der Waals surface area contributed by atoms with E-state index in [2.05, 4.69) is 4.90 Å². The van der Waals surface area contributed by atoms with Gasteiger partial charge < -0.3 is 21.6 Å². The quantitative estimate of drug-likeness (QED) is 0.769. The molecule has 1 fully saturated rings. The second kappa shape index (κ2) is 7.65. The van der Waals surface area contributed by atoms with E-state index in [4.69, 9.17) is 9.15 Å². The summed E-state index contributed by atoms with van der Waals surface area (Å²) in [5, 5.41) is 0.973. The van der Waals surface area contributed by atoms with E-state index in [0.717, 1.165) is 36.2 Å². The summed E-state index contributed by atoms with van der Waals surface area (Å²) < 4.78 is 11.0. The summed E-state index contributed by atoms with van der Waals surface area (Å²) >= 11 is 0. The number of halogens is 1. The van der Waals surface area contributed by atoms with Gasteiger partial charge in [-0.2, -0.15) is 0 Å². The molecule has 0 radical (unpaired) electrons. The second-order valence-corrected chi connectivity index (χ2v) is 5.59. The molecule has 2 aromatic rings. The number of fused-ring (bicyclic) bond motifs is 1. The summed E-state index contributed by atoms with van der Waals surface area (Å²) in [6, 6.07) is 7.67. The lowest BCUT2D eigenvalue weighted by Gasteiger charge is -2.25. The number of nitrogens with zero attached hydrogens (tertiary/aromatic N) is 1. The third kappa shape index (κ3) is 3.62. The maximum absolute atomic E-state index is 12.1. The number of aryl methyl sites for hydroxylation is 1. The predicted octanol–water partition coefficient (Wildman–Crippen LogP) is 0.500. The summed E-state index contributed by atoms with van der Waals surface area (Å²) in [6.07, 6.45) is 3.81. The van der Waals surface area contributed by atoms with Gasteiger partial charge in [0.2, 0.25) is 5.76 Å². The first-order valence-electron chi connectivity index (χ1n) is 7.63. The monoisotopic (exact) mass is 323 g/mol. The summed E-state index contributed by atoms with van der Waals surface area (Å²) in [5.74, 6) is -0.0319. The molecular formula is C17H22ClNO3. The minimum atomic E-state index is -0.360. The number of para-hydroxylation sites is 1. The van der Waals surface area contributed by atoms with Gasteiger partial charge in [0.1, 0.15) is 12.2 Å². The Bertz CT molecular complexity index is 638. The Hall–Kier alpha value is -1.52. The van der Waals surface area contributed by atoms with Crippen LogP contribution < -0.4 is 12.4 Å². The van der Waals surface area contributed by atoms with Crippen molar-refractivity contribution in [3.05, 3.63) is 35.6 Å². The molecule has 1 aromatic heterocycles. The molecule has 1 aromatic carbocycles. The average molecular weight is 324 g/mol. The SMILES string of the molecule is Cc1c(C(=O)OCCN2CCCCC2)oc2ccccc12.[Cl-].[H+]. The van der Waals surface area contributed by atoms with Crippen LogP contribution in [-0.2, 0) is 4.74 Å². The zero-order valence-corrected chi connectivity index (χ0v) is 13.6. The smallest absolute Gasteiger partial charge is 1.00 e. The van der Waals surface area contributed by atoms with Gasteiger partial charge in [-0.05, 0) is 38.9 Å². The highest BCUT2D eigenvalue weighted by atomic mass is 35.5. The van der Waals surface area contributed by atoms with Crippen LogP contribution in [0.2, 0.25) is 0 Å². The molecule has 2 heterocycles. The Morgan fingerprint density at radius 3 is 2.73 bits per heavy atom. The lowest BCUT2D eigenvalue weighted by molar-refractivity contribution is -0.0000240. The van der Waals surface area contributed by atoms with E-state index >= 15 is 0 Å². The van der Waals surface area contributed by atoms with E-state index in [1.165, 1.54) is 19.3 Å². The van der Waals surface area contributed by atoms with Gasteiger partial charge in [0.05, 0.1) is 0 Å². The lowest BCUT2D eigenvalue weighted by atomic mass is 10.1. The largest absolute Gasteiger partial charge is 1.00 e. The number of benzene rings is 1. The van der Waals surface area contributed by atoms with Crippen LogP contribution in [0.15, 0.2) is 28.7 Å². The number of likely N-dealkylation sites (tertiary alicyclic amines) is 1. The number of esters is 1. The first-order chi connectivity index (χ1) is 10.3. The van der Waals surface area contributed by atoms with Crippen LogP contribution >= 0.6 is 0 Å². The molecule has 5 heteroatoms. The van der Waals surface area contributed by atoms with Crippen molar-refractivity contribution in [2.45, 2.75) is 26.2 Å². The minimum absolute atomic E-state index is 0. The predicted molar refractivity (Wildman–Crippen MR) is 82.6 cm³/mol. The third-order valence-electron chi connectivity index (χ3n) is 4.12. The molecule has 0 aliphatic carbocycles. The van der Waals surface area contributed by atoms with Crippen molar-refractivity contribution in [3.8, 4) is 0 Å². The fraction of sp³-hybridized carbons (Fsp3) is 0.471. The van der Waals surface area contributed by atoms with Crippen molar-refractivity contribution in [1.29, 1.82) is 0 Å². The van der Waals surface area contributed by atoms with E-state index in [0.29, 0.717) is 12.4 Å². The van der Waals surface area contributed by atoms with Crippen LogP contribution in [0.25, 0.3) is 11.0 Å². The number of carbonyl (C=O) groups excluding carboxylic acids is 1. The molecule has 1 aliphatic rings. The number of ether oxygens (including phenoxy) is 1. The van der Waals surface area contributed by atoms with Crippen LogP contribution in [0.5, 0.6) is 0 Å². The molecule has 0 spiro atoms. The van der Waals surface area contributed by atoms with Gasteiger partial charge in [0.15, 0.2) is 0 Å². The number of rotatable bonds is 4. The van der Waals surface area contributed by atoms with Gasteiger partial charge in [0.25, 0.3) is 0 Å². The van der Waals surface area contributed by atoms with Gasteiger partial charge in [-0.3, -0.25) is 4.90 Å². The van der Waals surface area contributed by atoms with E-state index in [9.17, 15) is 4.79 Å². The van der Waals surface area contributed by atoms with Crippen LogP contribution in [0.1, 0.15) is 36.8 Å². The molecule has 0 amide bonds. The Balaban J connectivity index is 0.00000132. The highest BCUT2D eigenvalue weighted by Crippen LogP contribution is 2.25. The van der Waals surface area contributed by atoms with Gasteiger partial charge in [-0.25, -0.2) is 4.79 Å². The maximum Gasteiger partial charge on any atom is 1.00 e. The van der Waals surface area contributed by atoms with Gasteiger partial charge in [-0.15, -0.1) is 0 Å². The average Bonchev–Trinajstić information content (AvgIpc) is 2.86. The Kier molecular flexibility index (Phi) is 5.86. The van der Waals surface area contributed by atoms with E-state index in [1.807, 2.05) is 31.2 Å². The van der Waals surface area contributed by atoms with E-state index in [1.54, 1.807) is 0 Å². The summed E-state index contributed by atoms with van der Waals surface area (Å²) in [5.41, 5.74) is 1.59. The zero-order chi connectivity index (χ0) is 14.7. The first kappa shape index (κ1) is 16.8. The second-order valence-electron chi connectivity index (χ2n) is 5.59. The van der Waals surface area contributed by atoms with Crippen molar-refractivity contribution in [1.82, 2.24) is 4.90 Å². The van der Waals surface area contributed by atoms with Crippen LogP contribution in [0.3, 0.4) is 0 Å². The summed E-state index contributed by atoms with van der Waals surface area (Å²) in [4.78, 5) is 14.5. The summed E-state index contributed by atoms with van der Waals surface area (Å²) in [6.45, 7) is 5.36. The fourth-order valence-electron chi connectivity index (χ4n) is 2.89. The molecule has 3 rings (SSSR count). The molecule has 0 saturated carbocycles. The van der Waals surface area contributed by atoms with E-state index < -0.39 is 0 Å². The zero-order valence-electron chi connectivity index (χ0n) is 13.8. The van der Waals surface area contributed by atoms with Crippen molar-refractivity contribution in [3.63, 3.8) is 0 Å². The Morgan fingerprint density at radius 1 is 1.27 bits per heavy atom. The molecule has 1 saturated heterocycles. The lowest BCUT2D eigenvalue weighted by Crippen LogP contribution is -3.00. The highest BCUT2D eigenvalue weighted by molar-refractivity contribution is 5.95. The first-order valence-corrected chi connectivity index (χ1v) is 7.63. The standard InChI is InChI=1S/C17H21NO3.ClH/c1-13-14-7-3-4-8-15(14)21-16(13)17(19)20-12-11-18-9-5-2-6-10-18;/h3-4,7-8H,2,5-6,9-12H2,1H3;1H. The minimum Gasteiger partial charge on any atom is -1.00 e. The molecular weight excluding hydrogens is 302 g/mol. The van der Waals surface area contributed by atoms with Gasteiger partial charge in [0, 0.05) is 17.5 Å². The van der Waals surface area contributed by atoms with Crippen LogP contribution in [0, 0.1) is 6.92 Å². The van der Waals surface area contributed by atoms with Gasteiger partial charge in [-0.1, -0.05) is 24.6 Å². The fourth-order valence-corrected chi connectivity index (χ4v) is 2.89. The van der Waals surface area contributed by atoms with Crippen molar-refractivity contribution >= 4 is 16.9 Å². The maximum atomic E-state index is 12.1. The molecule has 0 atom stereocenters. The van der Waals surface area contributed by atoms with Crippen molar-refractivity contribution in [2.24, 2.45) is 0 Å². The van der Waals surface area contributed by atoms with Crippen LogP contribution in [0.4, 0.5) is 0 Å². The highest BCUT2D eigenvalue weighted by Gasteiger charge is 2.19. The summed E-state index contributed by atoms with van der Waals surface area (Å²) in [7, 11) is 0. The van der Waals surface area contributed by atoms with Gasteiger partial charge >= 0.3 is 7.40 Å².